The summed E-state index contributed by atoms with van der Waals surface area (Å²) < 4.78 is 7.27. The van der Waals surface area contributed by atoms with Crippen LogP contribution < -0.4 is 0 Å². The number of hydrogen-bond acceptors (Lipinski definition) is 3. The van der Waals surface area contributed by atoms with E-state index >= 15 is 0 Å². The van der Waals surface area contributed by atoms with E-state index in [9.17, 15) is 0 Å². The fourth-order valence-electron chi connectivity index (χ4n) is 2.46. The highest BCUT2D eigenvalue weighted by Crippen LogP contribution is 2.19. The first-order chi connectivity index (χ1) is 10.3. The van der Waals surface area contributed by atoms with E-state index in [0.717, 1.165) is 55.7 Å². The standard InChI is InChI=1S/C16H20ClN3O/c1-21-10-4-2-3-9-20-15-11-13(12-18)5-6-14(15)19-16(20)7-8-17/h5-6,11H,2-4,7-10H2,1H3. The highest BCUT2D eigenvalue weighted by atomic mass is 35.5. The van der Waals surface area contributed by atoms with Gasteiger partial charge in [0, 0.05) is 32.6 Å². The van der Waals surface area contributed by atoms with Crippen LogP contribution in [0.5, 0.6) is 0 Å². The molecule has 21 heavy (non-hydrogen) atoms. The first-order valence-corrected chi connectivity index (χ1v) is 7.77. The molecule has 1 heterocycles. The molecule has 2 aromatic rings. The lowest BCUT2D eigenvalue weighted by atomic mass is 10.2. The van der Waals surface area contributed by atoms with Crippen LogP contribution in [0, 0.1) is 11.3 Å². The summed E-state index contributed by atoms with van der Waals surface area (Å²) in [7, 11) is 1.73. The minimum Gasteiger partial charge on any atom is -0.385 e. The topological polar surface area (TPSA) is 50.8 Å². The van der Waals surface area contributed by atoms with Gasteiger partial charge in [-0.15, -0.1) is 11.6 Å². The van der Waals surface area contributed by atoms with E-state index in [1.807, 2.05) is 18.2 Å². The Morgan fingerprint density at radius 2 is 2.19 bits per heavy atom. The van der Waals surface area contributed by atoms with E-state index in [4.69, 9.17) is 21.6 Å². The number of halogens is 1. The first-order valence-electron chi connectivity index (χ1n) is 7.24. The van der Waals surface area contributed by atoms with E-state index in [0.29, 0.717) is 11.4 Å². The van der Waals surface area contributed by atoms with Crippen molar-refractivity contribution < 1.29 is 4.74 Å². The average molecular weight is 306 g/mol. The monoisotopic (exact) mass is 305 g/mol. The largest absolute Gasteiger partial charge is 0.385 e. The Labute approximate surface area is 130 Å². The molecule has 0 aliphatic carbocycles. The van der Waals surface area contributed by atoms with Gasteiger partial charge in [-0.2, -0.15) is 5.26 Å². The van der Waals surface area contributed by atoms with Crippen molar-refractivity contribution in [1.82, 2.24) is 9.55 Å². The molecule has 0 saturated heterocycles. The Morgan fingerprint density at radius 3 is 2.90 bits per heavy atom. The quantitative estimate of drug-likeness (QED) is 0.554. The van der Waals surface area contributed by atoms with Crippen LogP contribution in [0.4, 0.5) is 0 Å². The Hall–Kier alpha value is -1.57. The van der Waals surface area contributed by atoms with Gasteiger partial charge in [-0.05, 0) is 37.5 Å². The molecule has 1 aromatic heterocycles. The molecular weight excluding hydrogens is 286 g/mol. The van der Waals surface area contributed by atoms with Crippen molar-refractivity contribution in [3.63, 3.8) is 0 Å². The number of hydrogen-bond donors (Lipinski definition) is 0. The second-order valence-corrected chi connectivity index (χ2v) is 5.37. The van der Waals surface area contributed by atoms with Crippen molar-refractivity contribution in [2.45, 2.75) is 32.2 Å². The number of aromatic nitrogens is 2. The zero-order valence-electron chi connectivity index (χ0n) is 12.3. The molecule has 0 aliphatic heterocycles. The number of rotatable bonds is 8. The van der Waals surface area contributed by atoms with E-state index in [2.05, 4.69) is 15.6 Å². The van der Waals surface area contributed by atoms with Crippen LogP contribution in [0.1, 0.15) is 30.7 Å². The zero-order valence-corrected chi connectivity index (χ0v) is 13.1. The Balaban J connectivity index is 2.20. The van der Waals surface area contributed by atoms with Gasteiger partial charge >= 0.3 is 0 Å². The van der Waals surface area contributed by atoms with Gasteiger partial charge in [0.25, 0.3) is 0 Å². The fraction of sp³-hybridized carbons (Fsp3) is 0.500. The molecule has 0 aliphatic rings. The maximum atomic E-state index is 9.06. The molecule has 2 rings (SSSR count). The van der Waals surface area contributed by atoms with Gasteiger partial charge < -0.3 is 9.30 Å². The number of nitriles is 1. The molecular formula is C16H20ClN3O. The fourth-order valence-corrected chi connectivity index (χ4v) is 2.63. The molecule has 0 fully saturated rings. The van der Waals surface area contributed by atoms with Crippen LogP contribution in [-0.2, 0) is 17.7 Å². The van der Waals surface area contributed by atoms with Crippen molar-refractivity contribution in [2.24, 2.45) is 0 Å². The van der Waals surface area contributed by atoms with Gasteiger partial charge in [0.05, 0.1) is 22.7 Å². The third kappa shape index (κ3) is 3.96. The smallest absolute Gasteiger partial charge is 0.111 e. The number of benzene rings is 1. The maximum absolute atomic E-state index is 9.06. The van der Waals surface area contributed by atoms with Gasteiger partial charge in [-0.1, -0.05) is 0 Å². The van der Waals surface area contributed by atoms with E-state index in [1.165, 1.54) is 0 Å². The summed E-state index contributed by atoms with van der Waals surface area (Å²) in [5, 5.41) is 9.06. The molecule has 0 spiro atoms. The van der Waals surface area contributed by atoms with Crippen molar-refractivity contribution >= 4 is 22.6 Å². The summed E-state index contributed by atoms with van der Waals surface area (Å²) in [4.78, 5) is 4.64. The minimum absolute atomic E-state index is 0.554. The van der Waals surface area contributed by atoms with Gasteiger partial charge in [0.1, 0.15) is 5.82 Å². The van der Waals surface area contributed by atoms with E-state index in [1.54, 1.807) is 7.11 Å². The number of alkyl halides is 1. The SMILES string of the molecule is COCCCCCn1c(CCCl)nc2ccc(C#N)cc21. The number of unbranched alkanes of at least 4 members (excludes halogenated alkanes) is 2. The third-order valence-electron chi connectivity index (χ3n) is 3.50. The first kappa shape index (κ1) is 15.8. The highest BCUT2D eigenvalue weighted by molar-refractivity contribution is 6.17. The normalized spacial score (nSPS) is 10.9. The summed E-state index contributed by atoms with van der Waals surface area (Å²) in [6, 6.07) is 7.82. The molecule has 5 heteroatoms. The second kappa shape index (κ2) is 8.02. The molecule has 0 N–H and O–H groups in total. The lowest BCUT2D eigenvalue weighted by Gasteiger charge is -2.08. The molecule has 1 aromatic carbocycles. The lowest BCUT2D eigenvalue weighted by molar-refractivity contribution is 0.191. The number of fused-ring (bicyclic) bond motifs is 1. The van der Waals surface area contributed by atoms with Crippen LogP contribution in [0.3, 0.4) is 0 Å². The van der Waals surface area contributed by atoms with Crippen LogP contribution in [0.15, 0.2) is 18.2 Å². The highest BCUT2D eigenvalue weighted by Gasteiger charge is 2.10. The summed E-state index contributed by atoms with van der Waals surface area (Å²) in [6.45, 7) is 1.71. The van der Waals surface area contributed by atoms with Crippen molar-refractivity contribution in [3.8, 4) is 6.07 Å². The summed E-state index contributed by atoms with van der Waals surface area (Å²) in [5.41, 5.74) is 2.63. The van der Waals surface area contributed by atoms with Gasteiger partial charge in [0.2, 0.25) is 0 Å². The molecule has 4 nitrogen and oxygen atoms in total. The molecule has 0 bridgehead atoms. The number of nitrogens with zero attached hydrogens (tertiary/aromatic N) is 3. The summed E-state index contributed by atoms with van der Waals surface area (Å²) in [5.74, 6) is 1.56. The van der Waals surface area contributed by atoms with Crippen LogP contribution in [0.25, 0.3) is 11.0 Å². The van der Waals surface area contributed by atoms with E-state index < -0.39 is 0 Å². The molecule has 0 unspecified atom stereocenters. The van der Waals surface area contributed by atoms with Crippen LogP contribution in [-0.4, -0.2) is 29.1 Å². The summed E-state index contributed by atoms with van der Waals surface area (Å²) in [6.07, 6.45) is 4.00. The molecule has 112 valence electrons. The Morgan fingerprint density at radius 1 is 1.33 bits per heavy atom. The number of aryl methyl sites for hydroxylation is 2. The minimum atomic E-state index is 0.554. The number of methoxy groups -OCH3 is 1. The Bertz CT molecular complexity index is 630. The zero-order chi connectivity index (χ0) is 15.1. The van der Waals surface area contributed by atoms with E-state index in [-0.39, 0.29) is 0 Å². The van der Waals surface area contributed by atoms with Gasteiger partial charge in [0.15, 0.2) is 0 Å². The number of ether oxygens (including phenoxy) is 1. The van der Waals surface area contributed by atoms with Gasteiger partial charge in [-0.3, -0.25) is 0 Å². The maximum Gasteiger partial charge on any atom is 0.111 e. The third-order valence-corrected chi connectivity index (χ3v) is 3.69. The molecule has 0 radical (unpaired) electrons. The van der Waals surface area contributed by atoms with Crippen molar-refractivity contribution in [3.05, 3.63) is 29.6 Å². The van der Waals surface area contributed by atoms with Gasteiger partial charge in [-0.25, -0.2) is 4.98 Å². The lowest BCUT2D eigenvalue weighted by Crippen LogP contribution is -2.05. The summed E-state index contributed by atoms with van der Waals surface area (Å²) >= 11 is 5.87. The predicted molar refractivity (Wildman–Crippen MR) is 84.6 cm³/mol. The number of imidazole rings is 1. The van der Waals surface area contributed by atoms with Crippen molar-refractivity contribution in [1.29, 1.82) is 5.26 Å². The Kier molecular flexibility index (Phi) is 6.04. The second-order valence-electron chi connectivity index (χ2n) is 4.99. The average Bonchev–Trinajstić information content (AvgIpc) is 2.84. The van der Waals surface area contributed by atoms with Crippen molar-refractivity contribution in [2.75, 3.05) is 19.6 Å². The molecule has 0 saturated carbocycles. The predicted octanol–water partition coefficient (Wildman–Crippen LogP) is 3.51. The van der Waals surface area contributed by atoms with Crippen LogP contribution in [0.2, 0.25) is 0 Å². The molecule has 0 atom stereocenters. The van der Waals surface area contributed by atoms with Crippen LogP contribution >= 0.6 is 11.6 Å². The molecule has 0 amide bonds.